The van der Waals surface area contributed by atoms with Crippen molar-refractivity contribution >= 4 is 49.8 Å². The van der Waals surface area contributed by atoms with E-state index in [0.29, 0.717) is 11.3 Å². The van der Waals surface area contributed by atoms with Crippen LogP contribution in [0, 0.1) is 0 Å². The molecule has 38 heavy (non-hydrogen) atoms. The molecule has 3 aromatic rings. The maximum Gasteiger partial charge on any atom is 2.00 e. The number of aliphatic hydroxyl groups is 2. The van der Waals surface area contributed by atoms with Gasteiger partial charge in [-0.05, 0) is 18.1 Å². The minimum Gasteiger partial charge on any atom is -1.00 e. The number of carbonyl (C=O) groups is 1. The minimum absolute atomic E-state index is 0. The second kappa shape index (κ2) is 13.5. The molecule has 0 saturated carbocycles. The molecule has 0 radical (unpaired) electrons. The Bertz CT molecular complexity index is 1290. The van der Waals surface area contributed by atoms with E-state index in [1.54, 1.807) is 0 Å². The Hall–Kier alpha value is -2.51. The van der Waals surface area contributed by atoms with Crippen molar-refractivity contribution in [1.29, 1.82) is 0 Å². The summed E-state index contributed by atoms with van der Waals surface area (Å²) in [6, 6.07) is 6.33. The van der Waals surface area contributed by atoms with E-state index < -0.39 is 36.3 Å². The topological polar surface area (TPSA) is 131 Å². The number of carboxylic acid groups (broad SMARTS) is 1. The Morgan fingerprint density at radius 2 is 1.95 bits per heavy atom. The standard InChI is InChI=1S/C25H27F3N4O5.Ca.2H/c1-14(2)22-19(8-7-17(33)12-18(34)13-21(35)36)23(15-5-4-6-16(11-15)25(26,27)28)32(31-22)20-9-10-29-24(30-20)37-3;;;/h4-11,14,17-18,33-34H,12-13H2,1-3H3,(H,35,36);;;/q;+2;2*-1/b8-7+;;;/t17-,18-;;;/m1.../s1. The van der Waals surface area contributed by atoms with Gasteiger partial charge >= 0.3 is 55.9 Å². The molecular formula is C25H29CaF3N4O5. The van der Waals surface area contributed by atoms with Crippen LogP contribution in [0.3, 0.4) is 0 Å². The second-order valence-electron chi connectivity index (χ2n) is 8.61. The van der Waals surface area contributed by atoms with Crippen molar-refractivity contribution in [1.82, 2.24) is 19.7 Å². The number of benzene rings is 1. The Kier molecular flexibility index (Phi) is 11.3. The van der Waals surface area contributed by atoms with Gasteiger partial charge in [0, 0.05) is 29.8 Å². The maximum absolute atomic E-state index is 13.5. The molecule has 13 heteroatoms. The zero-order valence-electron chi connectivity index (χ0n) is 23.1. The third kappa shape index (κ3) is 8.00. The molecule has 0 amide bonds. The van der Waals surface area contributed by atoms with Gasteiger partial charge in [-0.3, -0.25) is 4.79 Å². The van der Waals surface area contributed by atoms with Gasteiger partial charge in [-0.2, -0.15) is 23.3 Å². The van der Waals surface area contributed by atoms with Crippen molar-refractivity contribution in [2.75, 3.05) is 7.11 Å². The average Bonchev–Trinajstić information content (AvgIpc) is 3.21. The van der Waals surface area contributed by atoms with Crippen molar-refractivity contribution in [2.45, 2.75) is 51.0 Å². The van der Waals surface area contributed by atoms with Crippen molar-refractivity contribution in [2.24, 2.45) is 0 Å². The normalized spacial score (nSPS) is 13.4. The average molecular weight is 563 g/mol. The van der Waals surface area contributed by atoms with Gasteiger partial charge in [0.2, 0.25) is 0 Å². The number of rotatable bonds is 10. The molecule has 1 aromatic carbocycles. The first kappa shape index (κ1) is 31.7. The van der Waals surface area contributed by atoms with Crippen LogP contribution in [0.2, 0.25) is 0 Å². The molecule has 202 valence electrons. The van der Waals surface area contributed by atoms with Gasteiger partial charge in [0.15, 0.2) is 5.82 Å². The van der Waals surface area contributed by atoms with E-state index in [-0.39, 0.29) is 76.0 Å². The van der Waals surface area contributed by atoms with Crippen LogP contribution in [0.5, 0.6) is 6.01 Å². The van der Waals surface area contributed by atoms with Crippen LogP contribution < -0.4 is 4.74 Å². The molecule has 0 spiro atoms. The summed E-state index contributed by atoms with van der Waals surface area (Å²) in [5.74, 6) is -1.14. The Morgan fingerprint density at radius 3 is 2.55 bits per heavy atom. The van der Waals surface area contributed by atoms with Gasteiger partial charge in [-0.15, -0.1) is 0 Å². The summed E-state index contributed by atoms with van der Waals surface area (Å²) in [4.78, 5) is 19.0. The summed E-state index contributed by atoms with van der Waals surface area (Å²) in [5.41, 5.74) is 0.575. The van der Waals surface area contributed by atoms with Crippen LogP contribution in [0.15, 0.2) is 42.6 Å². The van der Waals surface area contributed by atoms with Gasteiger partial charge in [0.05, 0.1) is 42.7 Å². The summed E-state index contributed by atoms with van der Waals surface area (Å²) in [6.45, 7) is 3.71. The van der Waals surface area contributed by atoms with Crippen LogP contribution in [-0.2, 0) is 11.0 Å². The van der Waals surface area contributed by atoms with Gasteiger partial charge < -0.3 is 22.9 Å². The molecule has 0 aliphatic heterocycles. The summed E-state index contributed by atoms with van der Waals surface area (Å²) < 4.78 is 47.1. The number of aliphatic hydroxyl groups excluding tert-OH is 2. The van der Waals surface area contributed by atoms with Crippen LogP contribution >= 0.6 is 0 Å². The quantitative estimate of drug-likeness (QED) is 0.317. The van der Waals surface area contributed by atoms with Crippen molar-refractivity contribution in [3.8, 4) is 23.1 Å². The largest absolute Gasteiger partial charge is 2.00 e. The number of methoxy groups -OCH3 is 1. The fraction of sp³-hybridized carbons (Fsp3) is 0.360. The fourth-order valence-corrected chi connectivity index (χ4v) is 3.72. The predicted octanol–water partition coefficient (Wildman–Crippen LogP) is 3.92. The Balaban J connectivity index is 0.00000507. The number of carboxylic acids is 1. The first-order valence-electron chi connectivity index (χ1n) is 11.3. The van der Waals surface area contributed by atoms with Gasteiger partial charge in [0.25, 0.3) is 0 Å². The van der Waals surface area contributed by atoms with E-state index >= 15 is 0 Å². The first-order valence-corrected chi connectivity index (χ1v) is 11.3. The van der Waals surface area contributed by atoms with E-state index in [9.17, 15) is 28.2 Å². The molecule has 9 nitrogen and oxygen atoms in total. The predicted molar refractivity (Wildman–Crippen MR) is 136 cm³/mol. The number of nitrogens with zero attached hydrogens (tertiary/aromatic N) is 4. The van der Waals surface area contributed by atoms with E-state index in [0.717, 1.165) is 12.1 Å². The number of halogens is 3. The van der Waals surface area contributed by atoms with Gasteiger partial charge in [0.1, 0.15) is 0 Å². The monoisotopic (exact) mass is 562 g/mol. The smallest absolute Gasteiger partial charge is 1.00 e. The fourth-order valence-electron chi connectivity index (χ4n) is 3.72. The van der Waals surface area contributed by atoms with Crippen LogP contribution in [-0.4, -0.2) is 98.1 Å². The molecule has 0 aliphatic carbocycles. The van der Waals surface area contributed by atoms with E-state index in [1.807, 2.05) is 13.8 Å². The molecule has 3 rings (SSSR count). The van der Waals surface area contributed by atoms with Gasteiger partial charge in [-0.25, -0.2) is 9.67 Å². The van der Waals surface area contributed by atoms with Crippen LogP contribution in [0.4, 0.5) is 13.2 Å². The molecule has 0 unspecified atom stereocenters. The minimum atomic E-state index is -4.58. The summed E-state index contributed by atoms with van der Waals surface area (Å²) in [7, 11) is 1.38. The van der Waals surface area contributed by atoms with Crippen molar-refractivity contribution < 1.29 is 40.9 Å². The third-order valence-corrected chi connectivity index (χ3v) is 5.39. The van der Waals surface area contributed by atoms with Crippen LogP contribution in [0.1, 0.15) is 52.3 Å². The van der Waals surface area contributed by atoms with E-state index in [2.05, 4.69) is 15.1 Å². The molecule has 0 aliphatic rings. The van der Waals surface area contributed by atoms with Crippen LogP contribution in [0.25, 0.3) is 23.2 Å². The molecule has 2 heterocycles. The van der Waals surface area contributed by atoms with E-state index in [4.69, 9.17) is 9.84 Å². The zero-order valence-corrected chi connectivity index (χ0v) is 23.3. The Labute approximate surface area is 250 Å². The summed E-state index contributed by atoms with van der Waals surface area (Å²) in [6.07, 6.45) is -3.57. The number of alkyl halides is 3. The number of ether oxygens (including phenoxy) is 1. The molecular weight excluding hydrogens is 533 g/mol. The molecule has 0 saturated heterocycles. The van der Waals surface area contributed by atoms with E-state index in [1.165, 1.54) is 48.3 Å². The Morgan fingerprint density at radius 1 is 1.24 bits per heavy atom. The maximum atomic E-state index is 13.5. The van der Waals surface area contributed by atoms with Gasteiger partial charge in [-0.1, -0.05) is 38.1 Å². The number of hydrogen-bond donors (Lipinski definition) is 3. The molecule has 2 atom stereocenters. The summed E-state index contributed by atoms with van der Waals surface area (Å²) in [5, 5.41) is 33.7. The summed E-state index contributed by atoms with van der Waals surface area (Å²) >= 11 is 0. The first-order chi connectivity index (χ1) is 17.4. The molecule has 2 aromatic heterocycles. The zero-order chi connectivity index (χ0) is 27.3. The van der Waals surface area contributed by atoms with Crippen molar-refractivity contribution in [3.05, 3.63) is 59.4 Å². The molecule has 0 bridgehead atoms. The third-order valence-electron chi connectivity index (χ3n) is 5.39. The molecule has 0 fully saturated rings. The number of aliphatic carboxylic acids is 1. The SMILES string of the molecule is COc1nccc(-n2nc(C(C)C)c(/C=C/[C@@H](O)C[C@@H](O)CC(=O)O)c2-c2cccc(C(F)(F)F)c2)n1.[Ca+2].[H-].[H-]. The number of aromatic nitrogens is 4. The van der Waals surface area contributed by atoms with Crippen molar-refractivity contribution in [3.63, 3.8) is 0 Å². The second-order valence-corrected chi connectivity index (χ2v) is 8.61. The number of hydrogen-bond acceptors (Lipinski definition) is 7. The molecule has 3 N–H and O–H groups in total.